The van der Waals surface area contributed by atoms with Gasteiger partial charge >= 0.3 is 0 Å². The Hall–Kier alpha value is -1.55. The van der Waals surface area contributed by atoms with Gasteiger partial charge in [0.1, 0.15) is 0 Å². The molecule has 1 aliphatic rings. The molecule has 4 heteroatoms. The number of carbonyl (C=O) groups excluding carboxylic acids is 1. The van der Waals surface area contributed by atoms with Gasteiger partial charge in [-0.05, 0) is 57.6 Å². The van der Waals surface area contributed by atoms with Crippen LogP contribution in [0.5, 0.6) is 0 Å². The van der Waals surface area contributed by atoms with Crippen molar-refractivity contribution in [1.29, 1.82) is 0 Å². The first-order valence-electron chi connectivity index (χ1n) is 6.42. The molecule has 1 aromatic carbocycles. The Morgan fingerprint density at radius 2 is 2.06 bits per heavy atom. The van der Waals surface area contributed by atoms with Crippen molar-refractivity contribution in [2.24, 2.45) is 0 Å². The largest absolute Gasteiger partial charge is 0.398 e. The minimum Gasteiger partial charge on any atom is -0.398 e. The monoisotopic (exact) mass is 247 g/mol. The molecule has 1 saturated heterocycles. The van der Waals surface area contributed by atoms with E-state index in [4.69, 9.17) is 5.73 Å². The molecule has 1 amide bonds. The molecule has 0 saturated carbocycles. The van der Waals surface area contributed by atoms with E-state index in [0.29, 0.717) is 11.3 Å². The van der Waals surface area contributed by atoms with Gasteiger partial charge in [0.05, 0.1) is 0 Å². The molecule has 98 valence electrons. The highest BCUT2D eigenvalue weighted by Crippen LogP contribution is 2.16. The van der Waals surface area contributed by atoms with Crippen LogP contribution in [0.2, 0.25) is 0 Å². The summed E-state index contributed by atoms with van der Waals surface area (Å²) >= 11 is 0. The molecule has 2 rings (SSSR count). The Morgan fingerprint density at radius 1 is 1.39 bits per heavy atom. The molecule has 1 aliphatic heterocycles. The van der Waals surface area contributed by atoms with Crippen molar-refractivity contribution < 1.29 is 4.79 Å². The summed E-state index contributed by atoms with van der Waals surface area (Å²) in [6, 6.07) is 5.76. The Labute approximate surface area is 108 Å². The SMILES string of the molecule is Cc1c(N)cccc1C(=O)NC1CCN(C)CC1. The van der Waals surface area contributed by atoms with Crippen LogP contribution in [0, 0.1) is 6.92 Å². The summed E-state index contributed by atoms with van der Waals surface area (Å²) in [6.07, 6.45) is 2.03. The zero-order valence-electron chi connectivity index (χ0n) is 11.1. The fraction of sp³-hybridized carbons (Fsp3) is 0.500. The van der Waals surface area contributed by atoms with Crippen LogP contribution in [-0.4, -0.2) is 37.0 Å². The lowest BCUT2D eigenvalue weighted by Gasteiger charge is -2.29. The van der Waals surface area contributed by atoms with Gasteiger partial charge in [-0.3, -0.25) is 4.79 Å². The van der Waals surface area contributed by atoms with Crippen molar-refractivity contribution in [1.82, 2.24) is 10.2 Å². The molecule has 18 heavy (non-hydrogen) atoms. The van der Waals surface area contributed by atoms with Gasteiger partial charge in [-0.2, -0.15) is 0 Å². The molecule has 0 bridgehead atoms. The summed E-state index contributed by atoms with van der Waals surface area (Å²) in [5.41, 5.74) is 8.05. The zero-order valence-corrected chi connectivity index (χ0v) is 11.1. The first-order valence-corrected chi connectivity index (χ1v) is 6.42. The summed E-state index contributed by atoms with van der Waals surface area (Å²) in [5.74, 6) is -0.00523. The van der Waals surface area contributed by atoms with Crippen LogP contribution in [0.1, 0.15) is 28.8 Å². The lowest BCUT2D eigenvalue weighted by Crippen LogP contribution is -2.43. The molecule has 0 aromatic heterocycles. The van der Waals surface area contributed by atoms with Crippen molar-refractivity contribution >= 4 is 11.6 Å². The molecule has 3 N–H and O–H groups in total. The van der Waals surface area contributed by atoms with Crippen LogP contribution >= 0.6 is 0 Å². The lowest BCUT2D eigenvalue weighted by atomic mass is 10.0. The third kappa shape index (κ3) is 2.82. The Kier molecular flexibility index (Phi) is 3.87. The Balaban J connectivity index is 2.01. The van der Waals surface area contributed by atoms with E-state index in [9.17, 15) is 4.79 Å². The number of anilines is 1. The van der Waals surface area contributed by atoms with E-state index in [1.54, 1.807) is 0 Å². The second kappa shape index (κ2) is 5.40. The average Bonchev–Trinajstić information content (AvgIpc) is 2.35. The number of hydrogen-bond acceptors (Lipinski definition) is 3. The molecule has 1 fully saturated rings. The number of nitrogens with zero attached hydrogens (tertiary/aromatic N) is 1. The van der Waals surface area contributed by atoms with E-state index in [2.05, 4.69) is 17.3 Å². The molecule has 4 nitrogen and oxygen atoms in total. The Morgan fingerprint density at radius 3 is 2.72 bits per heavy atom. The molecule has 0 aliphatic carbocycles. The van der Waals surface area contributed by atoms with Crippen molar-refractivity contribution in [2.75, 3.05) is 25.9 Å². The average molecular weight is 247 g/mol. The molecule has 1 heterocycles. The molecular weight excluding hydrogens is 226 g/mol. The van der Waals surface area contributed by atoms with Gasteiger partial charge in [-0.25, -0.2) is 0 Å². The van der Waals surface area contributed by atoms with Gasteiger partial charge in [-0.15, -0.1) is 0 Å². The number of carbonyl (C=O) groups is 1. The number of benzene rings is 1. The maximum absolute atomic E-state index is 12.2. The number of hydrogen-bond donors (Lipinski definition) is 2. The summed E-state index contributed by atoms with van der Waals surface area (Å²) in [7, 11) is 2.11. The molecule has 0 radical (unpaired) electrons. The van der Waals surface area contributed by atoms with E-state index >= 15 is 0 Å². The van der Waals surface area contributed by atoms with Gasteiger partial charge in [0.15, 0.2) is 0 Å². The predicted octanol–water partition coefficient (Wildman–Crippen LogP) is 1.40. The maximum Gasteiger partial charge on any atom is 0.251 e. The number of nitrogens with two attached hydrogens (primary N) is 1. The van der Waals surface area contributed by atoms with E-state index < -0.39 is 0 Å². The number of amides is 1. The second-order valence-electron chi connectivity index (χ2n) is 5.07. The third-order valence-electron chi connectivity index (χ3n) is 3.67. The maximum atomic E-state index is 12.2. The molecule has 0 spiro atoms. The lowest BCUT2D eigenvalue weighted by molar-refractivity contribution is 0.0916. The van der Waals surface area contributed by atoms with Gasteiger partial charge < -0.3 is 16.0 Å². The summed E-state index contributed by atoms with van der Waals surface area (Å²) in [4.78, 5) is 14.5. The first kappa shape index (κ1) is 12.9. The van der Waals surface area contributed by atoms with E-state index in [1.165, 1.54) is 0 Å². The van der Waals surface area contributed by atoms with Gasteiger partial charge in [0, 0.05) is 17.3 Å². The van der Waals surface area contributed by atoms with Gasteiger partial charge in [-0.1, -0.05) is 6.07 Å². The molecule has 1 aromatic rings. The molecule has 0 unspecified atom stereocenters. The van der Waals surface area contributed by atoms with Crippen LogP contribution in [0.15, 0.2) is 18.2 Å². The summed E-state index contributed by atoms with van der Waals surface area (Å²) < 4.78 is 0. The first-order chi connectivity index (χ1) is 8.58. The standard InChI is InChI=1S/C14H21N3O/c1-10-12(4-3-5-13(10)15)14(18)16-11-6-8-17(2)9-7-11/h3-5,11H,6-9,15H2,1-2H3,(H,16,18). The predicted molar refractivity (Wildman–Crippen MR) is 73.6 cm³/mol. The fourth-order valence-corrected chi connectivity index (χ4v) is 2.32. The molecular formula is C14H21N3O. The smallest absolute Gasteiger partial charge is 0.251 e. The summed E-state index contributed by atoms with van der Waals surface area (Å²) in [6.45, 7) is 3.97. The van der Waals surface area contributed by atoms with Crippen LogP contribution in [0.3, 0.4) is 0 Å². The normalized spacial score (nSPS) is 17.7. The van der Waals surface area contributed by atoms with Crippen molar-refractivity contribution in [2.45, 2.75) is 25.8 Å². The Bertz CT molecular complexity index is 437. The number of likely N-dealkylation sites (tertiary alicyclic amines) is 1. The number of nitrogen functional groups attached to an aromatic ring is 1. The second-order valence-corrected chi connectivity index (χ2v) is 5.07. The van der Waals surface area contributed by atoms with E-state index in [0.717, 1.165) is 31.5 Å². The highest BCUT2D eigenvalue weighted by Gasteiger charge is 2.20. The minimum atomic E-state index is -0.00523. The van der Waals surface area contributed by atoms with Gasteiger partial charge in [0.2, 0.25) is 0 Å². The van der Waals surface area contributed by atoms with E-state index in [-0.39, 0.29) is 11.9 Å². The number of piperidine rings is 1. The fourth-order valence-electron chi connectivity index (χ4n) is 2.32. The van der Waals surface area contributed by atoms with Crippen molar-refractivity contribution in [3.63, 3.8) is 0 Å². The van der Waals surface area contributed by atoms with Crippen molar-refractivity contribution in [3.8, 4) is 0 Å². The van der Waals surface area contributed by atoms with Crippen molar-refractivity contribution in [3.05, 3.63) is 29.3 Å². The highest BCUT2D eigenvalue weighted by molar-refractivity contribution is 5.97. The van der Waals surface area contributed by atoms with Gasteiger partial charge in [0.25, 0.3) is 5.91 Å². The van der Waals surface area contributed by atoms with E-state index in [1.807, 2.05) is 25.1 Å². The number of rotatable bonds is 2. The highest BCUT2D eigenvalue weighted by atomic mass is 16.1. The third-order valence-corrected chi connectivity index (χ3v) is 3.67. The summed E-state index contributed by atoms with van der Waals surface area (Å²) in [5, 5.41) is 3.10. The number of nitrogens with one attached hydrogen (secondary N) is 1. The quantitative estimate of drug-likeness (QED) is 0.777. The van der Waals surface area contributed by atoms with Crippen LogP contribution in [0.4, 0.5) is 5.69 Å². The zero-order chi connectivity index (χ0) is 13.1. The topological polar surface area (TPSA) is 58.4 Å². The van der Waals surface area contributed by atoms with Crippen LogP contribution in [-0.2, 0) is 0 Å². The molecule has 0 atom stereocenters. The minimum absolute atomic E-state index is 0.00523. The van der Waals surface area contributed by atoms with Crippen LogP contribution < -0.4 is 11.1 Å². The van der Waals surface area contributed by atoms with Crippen LogP contribution in [0.25, 0.3) is 0 Å².